The number of benzene rings is 1. The largest absolute Gasteiger partial charge is 0.506 e. The van der Waals surface area contributed by atoms with Crippen LogP contribution >= 0.6 is 0 Å². The average Bonchev–Trinajstić information content (AvgIpc) is 2.49. The number of anilines is 2. The van der Waals surface area contributed by atoms with Crippen molar-refractivity contribution in [2.24, 2.45) is 0 Å². The minimum absolute atomic E-state index is 0.0831. The second kappa shape index (κ2) is 6.38. The fourth-order valence-corrected chi connectivity index (χ4v) is 1.56. The van der Waals surface area contributed by atoms with E-state index in [1.165, 1.54) is 25.6 Å². The van der Waals surface area contributed by atoms with Gasteiger partial charge in [0.1, 0.15) is 5.75 Å². The summed E-state index contributed by atoms with van der Waals surface area (Å²) >= 11 is 0. The lowest BCUT2D eigenvalue weighted by Crippen LogP contribution is -2.13. The Kier molecular flexibility index (Phi) is 4.35. The average molecular weight is 287 g/mol. The molecule has 0 aliphatic rings. The molecule has 7 heteroatoms. The number of pyridine rings is 1. The number of carbonyl (C=O) groups is 2. The zero-order valence-electron chi connectivity index (χ0n) is 11.2. The van der Waals surface area contributed by atoms with E-state index >= 15 is 0 Å². The maximum Gasteiger partial charge on any atom is 0.411 e. The van der Waals surface area contributed by atoms with Gasteiger partial charge < -0.3 is 15.2 Å². The maximum atomic E-state index is 11.9. The Morgan fingerprint density at radius 1 is 1.10 bits per heavy atom. The lowest BCUT2D eigenvalue weighted by atomic mass is 10.2. The molecule has 2 amide bonds. The van der Waals surface area contributed by atoms with Crippen LogP contribution in [0.5, 0.6) is 5.75 Å². The van der Waals surface area contributed by atoms with Gasteiger partial charge in [0.2, 0.25) is 0 Å². The molecule has 2 aromatic rings. The van der Waals surface area contributed by atoms with Crippen molar-refractivity contribution in [1.82, 2.24) is 4.98 Å². The molecule has 2 rings (SSSR count). The van der Waals surface area contributed by atoms with E-state index in [1.54, 1.807) is 24.3 Å². The molecule has 7 nitrogen and oxygen atoms in total. The van der Waals surface area contributed by atoms with Gasteiger partial charge in [-0.3, -0.25) is 15.1 Å². The van der Waals surface area contributed by atoms with Crippen molar-refractivity contribution in [2.45, 2.75) is 0 Å². The third-order valence-electron chi connectivity index (χ3n) is 2.56. The molecule has 3 N–H and O–H groups in total. The Labute approximate surface area is 120 Å². The Bertz CT molecular complexity index is 656. The van der Waals surface area contributed by atoms with Crippen LogP contribution in [0.1, 0.15) is 10.4 Å². The first kappa shape index (κ1) is 14.3. The molecule has 0 atom stereocenters. The van der Waals surface area contributed by atoms with Crippen LogP contribution in [0.2, 0.25) is 0 Å². The molecule has 0 aliphatic heterocycles. The van der Waals surface area contributed by atoms with Crippen molar-refractivity contribution < 1.29 is 19.4 Å². The lowest BCUT2D eigenvalue weighted by molar-refractivity contribution is 0.102. The van der Waals surface area contributed by atoms with Gasteiger partial charge in [0.25, 0.3) is 5.91 Å². The smallest absolute Gasteiger partial charge is 0.411 e. The molecule has 0 bridgehead atoms. The van der Waals surface area contributed by atoms with Crippen molar-refractivity contribution in [2.75, 3.05) is 17.7 Å². The van der Waals surface area contributed by atoms with E-state index in [4.69, 9.17) is 0 Å². The minimum Gasteiger partial charge on any atom is -0.506 e. The minimum atomic E-state index is -0.572. The Hall–Kier alpha value is -3.09. The van der Waals surface area contributed by atoms with Gasteiger partial charge >= 0.3 is 6.09 Å². The number of carbonyl (C=O) groups excluding carboxylic acids is 2. The fourth-order valence-electron chi connectivity index (χ4n) is 1.56. The third-order valence-corrected chi connectivity index (χ3v) is 2.56. The van der Waals surface area contributed by atoms with Crippen LogP contribution in [0.25, 0.3) is 0 Å². The number of nitrogens with one attached hydrogen (secondary N) is 2. The summed E-state index contributed by atoms with van der Waals surface area (Å²) in [6.45, 7) is 0. The van der Waals surface area contributed by atoms with Crippen molar-refractivity contribution in [3.63, 3.8) is 0 Å². The standard InChI is InChI=1S/C14H13N3O4/c1-21-14(20)17-11-4-2-10(3-5-11)16-13(19)9-6-12(18)8-15-7-9/h2-8,18H,1H3,(H,16,19)(H,17,20). The molecular weight excluding hydrogens is 274 g/mol. The van der Waals surface area contributed by atoms with Crippen LogP contribution < -0.4 is 10.6 Å². The summed E-state index contributed by atoms with van der Waals surface area (Å²) in [4.78, 5) is 26.7. The highest BCUT2D eigenvalue weighted by Crippen LogP contribution is 2.15. The predicted octanol–water partition coefficient (Wildman–Crippen LogP) is 2.22. The van der Waals surface area contributed by atoms with Crippen molar-refractivity contribution in [3.8, 4) is 5.75 Å². The molecule has 1 aromatic carbocycles. The highest BCUT2D eigenvalue weighted by Gasteiger charge is 2.07. The summed E-state index contributed by atoms with van der Waals surface area (Å²) in [6.07, 6.45) is 2.02. The molecule has 1 aromatic heterocycles. The summed E-state index contributed by atoms with van der Waals surface area (Å²) < 4.78 is 4.47. The van der Waals surface area contributed by atoms with E-state index in [-0.39, 0.29) is 11.3 Å². The molecule has 108 valence electrons. The number of ether oxygens (including phenoxy) is 1. The SMILES string of the molecule is COC(=O)Nc1ccc(NC(=O)c2cncc(O)c2)cc1. The number of amides is 2. The Balaban J connectivity index is 2.03. The molecule has 1 heterocycles. The van der Waals surface area contributed by atoms with Crippen LogP contribution in [0, 0.1) is 0 Å². The van der Waals surface area contributed by atoms with Gasteiger partial charge in [-0.25, -0.2) is 4.79 Å². The Morgan fingerprint density at radius 2 is 1.71 bits per heavy atom. The van der Waals surface area contributed by atoms with Crippen LogP contribution in [-0.2, 0) is 4.74 Å². The van der Waals surface area contributed by atoms with Gasteiger partial charge in [0.05, 0.1) is 18.9 Å². The van der Waals surface area contributed by atoms with E-state index in [0.717, 1.165) is 0 Å². The number of hydrogen-bond donors (Lipinski definition) is 3. The molecule has 0 fully saturated rings. The van der Waals surface area contributed by atoms with Crippen molar-refractivity contribution >= 4 is 23.4 Å². The Morgan fingerprint density at radius 3 is 2.29 bits per heavy atom. The van der Waals surface area contributed by atoms with Gasteiger partial charge in [-0.2, -0.15) is 0 Å². The van der Waals surface area contributed by atoms with E-state index in [1.807, 2.05) is 0 Å². The fraction of sp³-hybridized carbons (Fsp3) is 0.0714. The van der Waals surface area contributed by atoms with Crippen molar-refractivity contribution in [1.29, 1.82) is 0 Å². The van der Waals surface area contributed by atoms with Gasteiger partial charge in [-0.15, -0.1) is 0 Å². The van der Waals surface area contributed by atoms with E-state index in [9.17, 15) is 14.7 Å². The molecular formula is C14H13N3O4. The highest BCUT2D eigenvalue weighted by atomic mass is 16.5. The molecule has 0 radical (unpaired) electrons. The summed E-state index contributed by atoms with van der Waals surface area (Å²) in [5, 5.41) is 14.4. The van der Waals surface area contributed by atoms with Gasteiger partial charge in [0, 0.05) is 17.6 Å². The molecule has 0 aliphatic carbocycles. The van der Waals surface area contributed by atoms with Gasteiger partial charge in [-0.05, 0) is 30.3 Å². The van der Waals surface area contributed by atoms with E-state index in [0.29, 0.717) is 11.4 Å². The summed E-state index contributed by atoms with van der Waals surface area (Å²) in [5.74, 6) is -0.479. The lowest BCUT2D eigenvalue weighted by Gasteiger charge is -2.07. The van der Waals surface area contributed by atoms with Gasteiger partial charge in [-0.1, -0.05) is 0 Å². The molecule has 21 heavy (non-hydrogen) atoms. The summed E-state index contributed by atoms with van der Waals surface area (Å²) in [6, 6.07) is 7.80. The van der Waals surface area contributed by atoms with E-state index < -0.39 is 12.0 Å². The monoisotopic (exact) mass is 287 g/mol. The van der Waals surface area contributed by atoms with Crippen LogP contribution in [0.3, 0.4) is 0 Å². The number of aromatic hydroxyl groups is 1. The third kappa shape index (κ3) is 3.93. The molecule has 0 unspecified atom stereocenters. The molecule has 0 saturated carbocycles. The van der Waals surface area contributed by atoms with Crippen LogP contribution in [0.15, 0.2) is 42.7 Å². The number of hydrogen-bond acceptors (Lipinski definition) is 5. The number of rotatable bonds is 3. The zero-order chi connectivity index (χ0) is 15.2. The van der Waals surface area contributed by atoms with Crippen molar-refractivity contribution in [3.05, 3.63) is 48.3 Å². The number of methoxy groups -OCH3 is 1. The molecule has 0 spiro atoms. The van der Waals surface area contributed by atoms with Crippen LogP contribution in [0.4, 0.5) is 16.2 Å². The topological polar surface area (TPSA) is 101 Å². The second-order valence-corrected chi connectivity index (χ2v) is 4.08. The quantitative estimate of drug-likeness (QED) is 0.803. The number of aromatic nitrogens is 1. The first-order chi connectivity index (χ1) is 10.1. The summed E-state index contributed by atoms with van der Waals surface area (Å²) in [7, 11) is 1.27. The summed E-state index contributed by atoms with van der Waals surface area (Å²) in [5.41, 5.74) is 1.32. The first-order valence-electron chi connectivity index (χ1n) is 5.99. The zero-order valence-corrected chi connectivity index (χ0v) is 11.2. The van der Waals surface area contributed by atoms with E-state index in [2.05, 4.69) is 20.4 Å². The normalized spacial score (nSPS) is 9.76. The number of nitrogens with zero attached hydrogens (tertiary/aromatic N) is 1. The highest BCUT2D eigenvalue weighted by molar-refractivity contribution is 6.04. The van der Waals surface area contributed by atoms with Crippen LogP contribution in [-0.4, -0.2) is 29.2 Å². The second-order valence-electron chi connectivity index (χ2n) is 4.08. The van der Waals surface area contributed by atoms with Gasteiger partial charge in [0.15, 0.2) is 0 Å². The first-order valence-corrected chi connectivity index (χ1v) is 5.99. The molecule has 0 saturated heterocycles. The maximum absolute atomic E-state index is 11.9. The predicted molar refractivity (Wildman–Crippen MR) is 76.3 cm³/mol.